The van der Waals surface area contributed by atoms with Crippen LogP contribution in [-0.4, -0.2) is 9.36 Å². The number of nitrogens with one attached hydrogen (secondary N) is 1. The van der Waals surface area contributed by atoms with Gasteiger partial charge in [-0.3, -0.25) is 0 Å². The zero-order valence-corrected chi connectivity index (χ0v) is 12.3. The predicted octanol–water partition coefficient (Wildman–Crippen LogP) is 5.41. The van der Waals surface area contributed by atoms with Gasteiger partial charge in [0.25, 0.3) is 0 Å². The molecular formula is C16H11ClN2S. The summed E-state index contributed by atoms with van der Waals surface area (Å²) in [5, 5.41) is 3.07. The van der Waals surface area contributed by atoms with E-state index in [9.17, 15) is 0 Å². The zero-order valence-electron chi connectivity index (χ0n) is 10.8. The van der Waals surface area contributed by atoms with Gasteiger partial charge < -0.3 is 4.98 Å². The summed E-state index contributed by atoms with van der Waals surface area (Å²) in [4.78, 5) is 3.41. The lowest BCUT2D eigenvalue weighted by molar-refractivity contribution is 1.30. The van der Waals surface area contributed by atoms with Crippen LogP contribution in [0.2, 0.25) is 5.02 Å². The topological polar surface area (TPSA) is 28.7 Å². The molecule has 4 aromatic rings. The molecule has 0 atom stereocenters. The summed E-state index contributed by atoms with van der Waals surface area (Å²) in [5.41, 5.74) is 4.41. The summed E-state index contributed by atoms with van der Waals surface area (Å²) in [7, 11) is 0. The lowest BCUT2D eigenvalue weighted by Crippen LogP contribution is -1.80. The van der Waals surface area contributed by atoms with Crippen molar-refractivity contribution in [3.05, 3.63) is 53.2 Å². The van der Waals surface area contributed by atoms with Gasteiger partial charge in [0.05, 0.1) is 10.4 Å². The fraction of sp³-hybridized carbons (Fsp3) is 0.0625. The van der Waals surface area contributed by atoms with Crippen LogP contribution in [-0.2, 0) is 0 Å². The van der Waals surface area contributed by atoms with Crippen molar-refractivity contribution in [1.82, 2.24) is 9.36 Å². The molecule has 0 aliphatic heterocycles. The Morgan fingerprint density at radius 1 is 1.10 bits per heavy atom. The third-order valence-electron chi connectivity index (χ3n) is 3.56. The largest absolute Gasteiger partial charge is 0.358 e. The Morgan fingerprint density at radius 2 is 1.95 bits per heavy atom. The minimum absolute atomic E-state index is 0.747. The second-order valence-electron chi connectivity index (χ2n) is 4.84. The highest BCUT2D eigenvalue weighted by Gasteiger charge is 2.16. The van der Waals surface area contributed by atoms with Crippen LogP contribution in [0.1, 0.15) is 5.69 Å². The van der Waals surface area contributed by atoms with Crippen molar-refractivity contribution in [1.29, 1.82) is 0 Å². The quantitative estimate of drug-likeness (QED) is 0.500. The van der Waals surface area contributed by atoms with Crippen molar-refractivity contribution in [3.63, 3.8) is 0 Å². The molecule has 0 saturated heterocycles. The Morgan fingerprint density at radius 3 is 2.85 bits per heavy atom. The number of aromatic nitrogens is 2. The van der Waals surface area contributed by atoms with Gasteiger partial charge in [0.1, 0.15) is 0 Å². The predicted molar refractivity (Wildman–Crippen MR) is 86.7 cm³/mol. The van der Waals surface area contributed by atoms with Gasteiger partial charge in [-0.05, 0) is 42.7 Å². The van der Waals surface area contributed by atoms with Crippen LogP contribution in [0.3, 0.4) is 0 Å². The summed E-state index contributed by atoms with van der Waals surface area (Å²) in [6.45, 7) is 2.08. The number of benzene rings is 2. The van der Waals surface area contributed by atoms with Gasteiger partial charge >= 0.3 is 0 Å². The number of H-pyrrole nitrogens is 1. The summed E-state index contributed by atoms with van der Waals surface area (Å²) >= 11 is 7.68. The van der Waals surface area contributed by atoms with Gasteiger partial charge in [0, 0.05) is 32.6 Å². The molecule has 0 fully saturated rings. The van der Waals surface area contributed by atoms with Crippen molar-refractivity contribution in [2.24, 2.45) is 0 Å². The molecule has 0 aliphatic rings. The highest BCUT2D eigenvalue weighted by atomic mass is 35.5. The molecule has 4 rings (SSSR count). The van der Waals surface area contributed by atoms with E-state index in [1.807, 2.05) is 24.3 Å². The molecule has 0 amide bonds. The molecule has 0 aliphatic carbocycles. The van der Waals surface area contributed by atoms with Crippen LogP contribution in [0.5, 0.6) is 0 Å². The van der Waals surface area contributed by atoms with E-state index < -0.39 is 0 Å². The van der Waals surface area contributed by atoms with Crippen LogP contribution < -0.4 is 0 Å². The highest BCUT2D eigenvalue weighted by Crippen LogP contribution is 2.38. The Hall–Kier alpha value is -1.84. The summed E-state index contributed by atoms with van der Waals surface area (Å²) in [6.07, 6.45) is 0. The number of fused-ring (bicyclic) bond motifs is 2. The number of hydrogen-bond acceptors (Lipinski definition) is 2. The number of rotatable bonds is 1. The van der Waals surface area contributed by atoms with E-state index in [2.05, 4.69) is 34.5 Å². The molecular weight excluding hydrogens is 288 g/mol. The number of aryl methyl sites for hydroxylation is 1. The lowest BCUT2D eigenvalue weighted by atomic mass is 10.0. The van der Waals surface area contributed by atoms with Crippen LogP contribution in [0.15, 0.2) is 42.5 Å². The first-order valence-corrected chi connectivity index (χ1v) is 7.52. The minimum Gasteiger partial charge on any atom is -0.358 e. The fourth-order valence-corrected chi connectivity index (χ4v) is 3.62. The first kappa shape index (κ1) is 11.9. The maximum Gasteiger partial charge on any atom is 0.0943 e. The molecule has 20 heavy (non-hydrogen) atoms. The molecule has 2 aromatic carbocycles. The van der Waals surface area contributed by atoms with E-state index >= 15 is 0 Å². The minimum atomic E-state index is 0.747. The summed E-state index contributed by atoms with van der Waals surface area (Å²) in [5.74, 6) is 0. The van der Waals surface area contributed by atoms with Gasteiger partial charge in [-0.15, -0.1) is 0 Å². The van der Waals surface area contributed by atoms with E-state index in [4.69, 9.17) is 11.6 Å². The lowest BCUT2D eigenvalue weighted by Gasteiger charge is -1.99. The summed E-state index contributed by atoms with van der Waals surface area (Å²) < 4.78 is 5.86. The molecule has 4 heteroatoms. The van der Waals surface area contributed by atoms with E-state index in [-0.39, 0.29) is 0 Å². The monoisotopic (exact) mass is 298 g/mol. The van der Waals surface area contributed by atoms with Crippen LogP contribution in [0, 0.1) is 6.92 Å². The SMILES string of the molecule is Cc1[nH]c2ccc(Cl)cc2c1-c1nsc2ccccc12. The van der Waals surface area contributed by atoms with E-state index in [1.165, 1.54) is 21.6 Å². The summed E-state index contributed by atoms with van der Waals surface area (Å²) in [6, 6.07) is 14.3. The number of aromatic amines is 1. The average Bonchev–Trinajstić information content (AvgIpc) is 2.99. The molecule has 0 radical (unpaired) electrons. The van der Waals surface area contributed by atoms with Crippen molar-refractivity contribution in [2.75, 3.05) is 0 Å². The van der Waals surface area contributed by atoms with Gasteiger partial charge in [-0.1, -0.05) is 29.8 Å². The van der Waals surface area contributed by atoms with E-state index in [1.54, 1.807) is 0 Å². The molecule has 2 heterocycles. The van der Waals surface area contributed by atoms with Gasteiger partial charge in [-0.25, -0.2) is 0 Å². The molecule has 0 bridgehead atoms. The van der Waals surface area contributed by atoms with Gasteiger partial charge in [0.15, 0.2) is 0 Å². The Balaban J connectivity index is 2.11. The first-order valence-electron chi connectivity index (χ1n) is 6.36. The molecule has 2 aromatic heterocycles. The Kier molecular flexibility index (Phi) is 2.59. The van der Waals surface area contributed by atoms with Crippen molar-refractivity contribution < 1.29 is 0 Å². The number of hydrogen-bond donors (Lipinski definition) is 1. The second kappa shape index (κ2) is 4.33. The van der Waals surface area contributed by atoms with Crippen LogP contribution >= 0.6 is 23.1 Å². The third-order valence-corrected chi connectivity index (χ3v) is 4.62. The second-order valence-corrected chi connectivity index (χ2v) is 6.08. The third kappa shape index (κ3) is 1.67. The highest BCUT2D eigenvalue weighted by molar-refractivity contribution is 7.13. The van der Waals surface area contributed by atoms with Crippen LogP contribution in [0.4, 0.5) is 0 Å². The van der Waals surface area contributed by atoms with Gasteiger partial charge in [-0.2, -0.15) is 4.37 Å². The van der Waals surface area contributed by atoms with E-state index in [0.29, 0.717) is 0 Å². The number of halogens is 1. The van der Waals surface area contributed by atoms with E-state index in [0.717, 1.165) is 32.9 Å². The Labute approximate surface area is 125 Å². The fourth-order valence-electron chi connectivity index (χ4n) is 2.67. The molecule has 0 saturated carbocycles. The standard InChI is InChI=1S/C16H11ClN2S/c1-9-15(12-8-10(17)6-7-13(12)18-9)16-11-4-2-3-5-14(11)20-19-16/h2-8,18H,1H3. The first-order chi connectivity index (χ1) is 9.74. The maximum atomic E-state index is 6.15. The normalized spacial score (nSPS) is 11.5. The van der Waals surface area contributed by atoms with Crippen molar-refractivity contribution in [3.8, 4) is 11.3 Å². The smallest absolute Gasteiger partial charge is 0.0943 e. The van der Waals surface area contributed by atoms with Crippen LogP contribution in [0.25, 0.3) is 32.2 Å². The zero-order chi connectivity index (χ0) is 13.7. The van der Waals surface area contributed by atoms with Crippen molar-refractivity contribution >= 4 is 44.1 Å². The molecule has 98 valence electrons. The number of nitrogens with zero attached hydrogens (tertiary/aromatic N) is 1. The maximum absolute atomic E-state index is 6.15. The van der Waals surface area contributed by atoms with Crippen molar-refractivity contribution in [2.45, 2.75) is 6.92 Å². The Bertz CT molecular complexity index is 936. The molecule has 0 unspecified atom stereocenters. The molecule has 1 N–H and O–H groups in total. The molecule has 0 spiro atoms. The molecule has 2 nitrogen and oxygen atoms in total. The average molecular weight is 299 g/mol. The van der Waals surface area contributed by atoms with Gasteiger partial charge in [0.2, 0.25) is 0 Å².